The van der Waals surface area contributed by atoms with Crippen molar-refractivity contribution in [3.05, 3.63) is 11.8 Å². The zero-order chi connectivity index (χ0) is 40.6. The van der Waals surface area contributed by atoms with E-state index in [9.17, 15) is 15.3 Å². The molecule has 7 heteroatoms. The standard InChI is InChI=1S/C48H98N2O5/c1-7-12-16-20-22-26-32-45(30-24-18-14-9-3)40-54-42-47(52)38-50(44(6)29-28-35-49(34-11-5)36-37-51)39-48(53)43-55-41-46(31-25-19-15-10-4)33-27-23-21-17-13-8-2/h40,44,46-48,51-53H,7-39,41-43H2,1-6H3/b45-40+. The lowest BCUT2D eigenvalue weighted by Crippen LogP contribution is -2.45. The van der Waals surface area contributed by atoms with Gasteiger partial charge in [0.15, 0.2) is 0 Å². The maximum absolute atomic E-state index is 11.3. The maximum Gasteiger partial charge on any atom is 0.114 e. The molecule has 4 atom stereocenters. The van der Waals surface area contributed by atoms with Gasteiger partial charge in [-0.2, -0.15) is 0 Å². The van der Waals surface area contributed by atoms with Gasteiger partial charge in [0.2, 0.25) is 0 Å². The van der Waals surface area contributed by atoms with E-state index in [1.54, 1.807) is 0 Å². The van der Waals surface area contributed by atoms with Crippen LogP contribution in [0.3, 0.4) is 0 Å². The van der Waals surface area contributed by atoms with Gasteiger partial charge in [0.05, 0.1) is 25.6 Å². The summed E-state index contributed by atoms with van der Waals surface area (Å²) in [5, 5.41) is 32.1. The molecule has 330 valence electrons. The van der Waals surface area contributed by atoms with Crippen molar-refractivity contribution in [2.24, 2.45) is 5.92 Å². The molecule has 0 radical (unpaired) electrons. The summed E-state index contributed by atoms with van der Waals surface area (Å²) in [5.74, 6) is 0.569. The first-order chi connectivity index (χ1) is 26.8. The van der Waals surface area contributed by atoms with Gasteiger partial charge in [-0.3, -0.25) is 4.90 Å². The Morgan fingerprint density at radius 2 is 1.02 bits per heavy atom. The van der Waals surface area contributed by atoms with Gasteiger partial charge in [0.1, 0.15) is 12.7 Å². The van der Waals surface area contributed by atoms with E-state index in [1.165, 1.54) is 147 Å². The molecule has 0 heterocycles. The third-order valence-corrected chi connectivity index (χ3v) is 11.4. The fraction of sp³-hybridized carbons (Fsp3) is 0.958. The number of nitrogens with zero attached hydrogens (tertiary/aromatic N) is 2. The number of hydrogen-bond acceptors (Lipinski definition) is 7. The smallest absolute Gasteiger partial charge is 0.114 e. The molecule has 0 aliphatic carbocycles. The summed E-state index contributed by atoms with van der Waals surface area (Å²) >= 11 is 0. The minimum Gasteiger partial charge on any atom is -0.498 e. The van der Waals surface area contributed by atoms with Crippen LogP contribution in [0.4, 0.5) is 0 Å². The quantitative estimate of drug-likeness (QED) is 0.0419. The van der Waals surface area contributed by atoms with E-state index in [0.717, 1.165) is 51.8 Å². The molecule has 3 N–H and O–H groups in total. The predicted molar refractivity (Wildman–Crippen MR) is 238 cm³/mol. The highest BCUT2D eigenvalue weighted by Crippen LogP contribution is 2.21. The first-order valence-electron chi connectivity index (χ1n) is 24.1. The van der Waals surface area contributed by atoms with Gasteiger partial charge >= 0.3 is 0 Å². The van der Waals surface area contributed by atoms with Crippen LogP contribution in [0.5, 0.6) is 0 Å². The second kappa shape index (κ2) is 41.5. The highest BCUT2D eigenvalue weighted by Gasteiger charge is 2.22. The Kier molecular flexibility index (Phi) is 40.9. The first-order valence-corrected chi connectivity index (χ1v) is 24.1. The lowest BCUT2D eigenvalue weighted by atomic mass is 9.95. The number of aliphatic hydroxyl groups excluding tert-OH is 3. The van der Waals surface area contributed by atoms with Gasteiger partial charge in [-0.05, 0) is 89.3 Å². The molecular formula is C48H98N2O5. The van der Waals surface area contributed by atoms with Gasteiger partial charge < -0.3 is 29.7 Å². The molecule has 0 aromatic rings. The molecule has 0 aliphatic rings. The van der Waals surface area contributed by atoms with Crippen LogP contribution in [0.2, 0.25) is 0 Å². The van der Waals surface area contributed by atoms with Crippen molar-refractivity contribution in [1.82, 2.24) is 9.80 Å². The summed E-state index contributed by atoms with van der Waals surface area (Å²) in [4.78, 5) is 4.59. The van der Waals surface area contributed by atoms with Crippen molar-refractivity contribution in [1.29, 1.82) is 0 Å². The molecule has 0 rings (SSSR count). The topological polar surface area (TPSA) is 85.6 Å². The Labute approximate surface area is 343 Å². The zero-order valence-electron chi connectivity index (χ0n) is 37.9. The molecule has 0 saturated heterocycles. The van der Waals surface area contributed by atoms with E-state index in [-0.39, 0.29) is 19.3 Å². The van der Waals surface area contributed by atoms with E-state index < -0.39 is 12.2 Å². The average molecular weight is 783 g/mol. The SMILES string of the molecule is CCCCCCCC/C(=C/OCC(O)CN(CC(O)COCC(CCCCCC)CCCCCCCC)C(C)CCCN(CCC)CCO)CCCCCC. The average Bonchev–Trinajstić information content (AvgIpc) is 3.17. The van der Waals surface area contributed by atoms with Crippen LogP contribution in [-0.4, -0.2) is 103 Å². The lowest BCUT2D eigenvalue weighted by Gasteiger charge is -2.33. The van der Waals surface area contributed by atoms with Gasteiger partial charge in [-0.25, -0.2) is 0 Å². The Morgan fingerprint density at radius 1 is 0.527 bits per heavy atom. The minimum absolute atomic E-state index is 0.187. The third kappa shape index (κ3) is 35.0. The van der Waals surface area contributed by atoms with Gasteiger partial charge in [0.25, 0.3) is 0 Å². The van der Waals surface area contributed by atoms with Crippen LogP contribution >= 0.6 is 0 Å². The normalized spacial score (nSPS) is 14.6. The molecular weight excluding hydrogens is 685 g/mol. The van der Waals surface area contributed by atoms with Crippen LogP contribution in [0.25, 0.3) is 0 Å². The molecule has 7 nitrogen and oxygen atoms in total. The van der Waals surface area contributed by atoms with Gasteiger partial charge in [0, 0.05) is 32.3 Å². The Balaban J connectivity index is 5.36. The molecule has 4 unspecified atom stereocenters. The van der Waals surface area contributed by atoms with Crippen molar-refractivity contribution in [2.45, 2.75) is 233 Å². The van der Waals surface area contributed by atoms with Crippen LogP contribution in [-0.2, 0) is 9.47 Å². The Bertz CT molecular complexity index is 792. The lowest BCUT2D eigenvalue weighted by molar-refractivity contribution is -0.0192. The number of ether oxygens (including phenoxy) is 2. The van der Waals surface area contributed by atoms with Crippen LogP contribution in [0.15, 0.2) is 11.8 Å². The second-order valence-corrected chi connectivity index (χ2v) is 17.1. The van der Waals surface area contributed by atoms with Crippen LogP contribution in [0, 0.1) is 5.92 Å². The third-order valence-electron chi connectivity index (χ3n) is 11.4. The molecule has 0 amide bonds. The minimum atomic E-state index is -0.641. The highest BCUT2D eigenvalue weighted by atomic mass is 16.5. The number of unbranched alkanes of at least 4 members (excludes halogenated alkanes) is 16. The molecule has 0 aromatic heterocycles. The zero-order valence-corrected chi connectivity index (χ0v) is 37.9. The van der Waals surface area contributed by atoms with Gasteiger partial charge in [-0.15, -0.1) is 0 Å². The van der Waals surface area contributed by atoms with Crippen LogP contribution < -0.4 is 0 Å². The largest absolute Gasteiger partial charge is 0.498 e. The summed E-state index contributed by atoms with van der Waals surface area (Å²) in [6, 6.07) is 0.193. The summed E-state index contributed by atoms with van der Waals surface area (Å²) in [7, 11) is 0. The van der Waals surface area contributed by atoms with Crippen molar-refractivity contribution in [3.63, 3.8) is 0 Å². The van der Waals surface area contributed by atoms with E-state index >= 15 is 0 Å². The Hall–Kier alpha value is -0.700. The number of hydrogen-bond donors (Lipinski definition) is 3. The Morgan fingerprint density at radius 3 is 1.56 bits per heavy atom. The maximum atomic E-state index is 11.3. The highest BCUT2D eigenvalue weighted by molar-refractivity contribution is 4.98. The fourth-order valence-electron chi connectivity index (χ4n) is 7.85. The summed E-state index contributed by atoms with van der Waals surface area (Å²) in [6.07, 6.45) is 34.2. The molecule has 0 aromatic carbocycles. The summed E-state index contributed by atoms with van der Waals surface area (Å²) in [5.41, 5.74) is 1.39. The molecule has 55 heavy (non-hydrogen) atoms. The molecule has 0 aliphatic heterocycles. The molecule has 0 bridgehead atoms. The summed E-state index contributed by atoms with van der Waals surface area (Å²) in [6.45, 7) is 18.6. The van der Waals surface area contributed by atoms with Gasteiger partial charge in [-0.1, -0.05) is 150 Å². The van der Waals surface area contributed by atoms with Crippen molar-refractivity contribution in [3.8, 4) is 0 Å². The number of aliphatic hydroxyl groups is 3. The summed E-state index contributed by atoms with van der Waals surface area (Å²) < 4.78 is 12.4. The predicted octanol–water partition coefficient (Wildman–Crippen LogP) is 11.9. The van der Waals surface area contributed by atoms with Crippen molar-refractivity contribution >= 4 is 0 Å². The second-order valence-electron chi connectivity index (χ2n) is 17.1. The number of rotatable bonds is 44. The van der Waals surface area contributed by atoms with E-state index in [0.29, 0.717) is 32.2 Å². The molecule has 0 spiro atoms. The van der Waals surface area contributed by atoms with E-state index in [2.05, 4.69) is 51.3 Å². The van der Waals surface area contributed by atoms with Crippen molar-refractivity contribution < 1.29 is 24.8 Å². The van der Waals surface area contributed by atoms with E-state index in [4.69, 9.17) is 9.47 Å². The van der Waals surface area contributed by atoms with Crippen LogP contribution in [0.1, 0.15) is 215 Å². The molecule has 0 saturated carbocycles. The number of allylic oxidation sites excluding steroid dienone is 1. The molecule has 0 fully saturated rings. The van der Waals surface area contributed by atoms with E-state index in [1.807, 2.05) is 6.26 Å². The fourth-order valence-corrected chi connectivity index (χ4v) is 7.85. The monoisotopic (exact) mass is 783 g/mol. The first kappa shape index (κ1) is 54.3. The van der Waals surface area contributed by atoms with Crippen molar-refractivity contribution in [2.75, 3.05) is 59.2 Å².